The largest absolute Gasteiger partial charge is 0.348 e. The second-order valence-corrected chi connectivity index (χ2v) is 6.50. The molecule has 0 aromatic carbocycles. The molecule has 1 saturated heterocycles. The maximum absolute atomic E-state index is 4.95. The Kier molecular flexibility index (Phi) is 3.85. The van der Waals surface area contributed by atoms with Crippen LogP contribution < -0.4 is 10.2 Å². The standard InChI is InChI=1S/C14H23N3S/c1-15-11-7-6-8-12-13(11)16-14(18-12)17-9-4-2-3-5-10-17/h11,15H,2-10H2,1H3. The van der Waals surface area contributed by atoms with Crippen molar-refractivity contribution in [3.05, 3.63) is 10.6 Å². The molecule has 1 aromatic heterocycles. The smallest absolute Gasteiger partial charge is 0.185 e. The lowest BCUT2D eigenvalue weighted by atomic mass is 9.98. The van der Waals surface area contributed by atoms with Crippen LogP contribution in [-0.2, 0) is 6.42 Å². The highest BCUT2D eigenvalue weighted by atomic mass is 32.1. The zero-order valence-electron chi connectivity index (χ0n) is 11.2. The molecule has 1 aliphatic heterocycles. The van der Waals surface area contributed by atoms with E-state index in [0.717, 1.165) is 0 Å². The minimum atomic E-state index is 0.491. The molecule has 1 N–H and O–H groups in total. The molecule has 18 heavy (non-hydrogen) atoms. The van der Waals surface area contributed by atoms with Gasteiger partial charge in [-0.3, -0.25) is 0 Å². The Hall–Kier alpha value is -0.610. The zero-order chi connectivity index (χ0) is 12.4. The highest BCUT2D eigenvalue weighted by Crippen LogP contribution is 2.37. The fourth-order valence-corrected chi connectivity index (χ4v) is 4.30. The second kappa shape index (κ2) is 5.57. The number of hydrogen-bond donors (Lipinski definition) is 1. The van der Waals surface area contributed by atoms with Crippen molar-refractivity contribution in [3.63, 3.8) is 0 Å². The van der Waals surface area contributed by atoms with Gasteiger partial charge in [-0.15, -0.1) is 11.3 Å². The van der Waals surface area contributed by atoms with Gasteiger partial charge in [-0.25, -0.2) is 4.98 Å². The number of hydrogen-bond acceptors (Lipinski definition) is 4. The Morgan fingerprint density at radius 2 is 1.94 bits per heavy atom. The summed E-state index contributed by atoms with van der Waals surface area (Å²) in [5.74, 6) is 0. The maximum atomic E-state index is 4.95. The summed E-state index contributed by atoms with van der Waals surface area (Å²) in [6.07, 6.45) is 9.23. The van der Waals surface area contributed by atoms with Gasteiger partial charge in [-0.1, -0.05) is 12.8 Å². The predicted octanol–water partition coefficient (Wildman–Crippen LogP) is 3.12. The van der Waals surface area contributed by atoms with E-state index in [1.165, 1.54) is 73.7 Å². The Bertz CT molecular complexity index is 394. The van der Waals surface area contributed by atoms with Gasteiger partial charge in [0.15, 0.2) is 5.13 Å². The molecule has 0 spiro atoms. The van der Waals surface area contributed by atoms with Crippen molar-refractivity contribution in [2.45, 2.75) is 51.0 Å². The van der Waals surface area contributed by atoms with E-state index in [4.69, 9.17) is 4.98 Å². The summed E-state index contributed by atoms with van der Waals surface area (Å²) in [7, 11) is 2.06. The molecule has 2 heterocycles. The van der Waals surface area contributed by atoms with Gasteiger partial charge in [-0.05, 0) is 39.2 Å². The highest BCUT2D eigenvalue weighted by Gasteiger charge is 2.25. The number of anilines is 1. The molecule has 3 rings (SSSR count). The van der Waals surface area contributed by atoms with Crippen molar-refractivity contribution in [1.82, 2.24) is 10.3 Å². The van der Waals surface area contributed by atoms with Gasteiger partial charge in [0, 0.05) is 18.0 Å². The first-order chi connectivity index (χ1) is 8.88. The normalized spacial score (nSPS) is 24.7. The Labute approximate surface area is 114 Å². The first kappa shape index (κ1) is 12.4. The summed E-state index contributed by atoms with van der Waals surface area (Å²) in [4.78, 5) is 8.99. The summed E-state index contributed by atoms with van der Waals surface area (Å²) in [5.41, 5.74) is 1.34. The van der Waals surface area contributed by atoms with E-state index in [0.29, 0.717) is 6.04 Å². The van der Waals surface area contributed by atoms with Crippen LogP contribution in [0.1, 0.15) is 55.1 Å². The van der Waals surface area contributed by atoms with Crippen molar-refractivity contribution in [1.29, 1.82) is 0 Å². The summed E-state index contributed by atoms with van der Waals surface area (Å²) in [6, 6.07) is 0.491. The minimum absolute atomic E-state index is 0.491. The third-order valence-corrected chi connectivity index (χ3v) is 5.36. The van der Waals surface area contributed by atoms with Crippen LogP contribution in [0.25, 0.3) is 0 Å². The molecule has 0 amide bonds. The third-order valence-electron chi connectivity index (χ3n) is 4.17. The minimum Gasteiger partial charge on any atom is -0.348 e. The van der Waals surface area contributed by atoms with Crippen LogP contribution in [0.2, 0.25) is 0 Å². The summed E-state index contributed by atoms with van der Waals surface area (Å²) < 4.78 is 0. The van der Waals surface area contributed by atoms with Crippen LogP contribution in [-0.4, -0.2) is 25.1 Å². The van der Waals surface area contributed by atoms with Gasteiger partial charge in [0.25, 0.3) is 0 Å². The van der Waals surface area contributed by atoms with Gasteiger partial charge in [-0.2, -0.15) is 0 Å². The number of nitrogens with zero attached hydrogens (tertiary/aromatic N) is 2. The molecule has 1 atom stereocenters. The fourth-order valence-electron chi connectivity index (χ4n) is 3.08. The van der Waals surface area contributed by atoms with E-state index < -0.39 is 0 Å². The molecule has 3 nitrogen and oxygen atoms in total. The van der Waals surface area contributed by atoms with E-state index in [1.807, 2.05) is 11.3 Å². The molecular weight excluding hydrogens is 242 g/mol. The lowest BCUT2D eigenvalue weighted by Crippen LogP contribution is -2.24. The van der Waals surface area contributed by atoms with Crippen LogP contribution in [0.3, 0.4) is 0 Å². The summed E-state index contributed by atoms with van der Waals surface area (Å²) in [6.45, 7) is 2.41. The van der Waals surface area contributed by atoms with Gasteiger partial charge in [0.05, 0.1) is 11.7 Å². The number of aromatic nitrogens is 1. The Morgan fingerprint density at radius 1 is 1.17 bits per heavy atom. The van der Waals surface area contributed by atoms with Crippen LogP contribution in [0.5, 0.6) is 0 Å². The van der Waals surface area contributed by atoms with E-state index in [-0.39, 0.29) is 0 Å². The fraction of sp³-hybridized carbons (Fsp3) is 0.786. The molecule has 4 heteroatoms. The van der Waals surface area contributed by atoms with E-state index in [2.05, 4.69) is 17.3 Å². The predicted molar refractivity (Wildman–Crippen MR) is 77.5 cm³/mol. The van der Waals surface area contributed by atoms with Crippen LogP contribution in [0, 0.1) is 0 Å². The topological polar surface area (TPSA) is 28.2 Å². The van der Waals surface area contributed by atoms with Gasteiger partial charge in [0.1, 0.15) is 0 Å². The Balaban J connectivity index is 1.82. The molecule has 1 aliphatic carbocycles. The van der Waals surface area contributed by atoms with Gasteiger partial charge >= 0.3 is 0 Å². The average molecular weight is 265 g/mol. The van der Waals surface area contributed by atoms with E-state index in [9.17, 15) is 0 Å². The monoisotopic (exact) mass is 265 g/mol. The first-order valence-electron chi connectivity index (χ1n) is 7.30. The first-order valence-corrected chi connectivity index (χ1v) is 8.12. The van der Waals surface area contributed by atoms with Crippen molar-refractivity contribution in [3.8, 4) is 0 Å². The van der Waals surface area contributed by atoms with Crippen LogP contribution in [0.4, 0.5) is 5.13 Å². The van der Waals surface area contributed by atoms with Crippen LogP contribution in [0.15, 0.2) is 0 Å². The molecule has 100 valence electrons. The number of nitrogens with one attached hydrogen (secondary N) is 1. The van der Waals surface area contributed by atoms with Crippen LogP contribution >= 0.6 is 11.3 Å². The lowest BCUT2D eigenvalue weighted by Gasteiger charge is -2.20. The summed E-state index contributed by atoms with van der Waals surface area (Å²) >= 11 is 1.95. The molecule has 1 fully saturated rings. The lowest BCUT2D eigenvalue weighted by molar-refractivity contribution is 0.489. The van der Waals surface area contributed by atoms with Gasteiger partial charge in [0.2, 0.25) is 0 Å². The van der Waals surface area contributed by atoms with Crippen molar-refractivity contribution < 1.29 is 0 Å². The number of thiazole rings is 1. The molecule has 2 aliphatic rings. The molecule has 0 saturated carbocycles. The van der Waals surface area contributed by atoms with E-state index >= 15 is 0 Å². The second-order valence-electron chi connectivity index (χ2n) is 5.44. The highest BCUT2D eigenvalue weighted by molar-refractivity contribution is 7.15. The quantitative estimate of drug-likeness (QED) is 0.890. The average Bonchev–Trinajstić information content (AvgIpc) is 2.65. The Morgan fingerprint density at radius 3 is 2.67 bits per heavy atom. The SMILES string of the molecule is CNC1CCCc2sc(N3CCCCCC3)nc21. The van der Waals surface area contributed by atoms with Crippen molar-refractivity contribution in [2.24, 2.45) is 0 Å². The number of fused-ring (bicyclic) bond motifs is 1. The molecule has 0 bridgehead atoms. The van der Waals surface area contributed by atoms with E-state index in [1.54, 1.807) is 0 Å². The van der Waals surface area contributed by atoms with Gasteiger partial charge < -0.3 is 10.2 Å². The maximum Gasteiger partial charge on any atom is 0.185 e. The zero-order valence-corrected chi connectivity index (χ0v) is 12.1. The molecule has 0 radical (unpaired) electrons. The summed E-state index contributed by atoms with van der Waals surface area (Å²) in [5, 5.41) is 4.70. The molecule has 1 unspecified atom stereocenters. The number of aryl methyl sites for hydroxylation is 1. The van der Waals surface area contributed by atoms with Crippen molar-refractivity contribution >= 4 is 16.5 Å². The molecular formula is C14H23N3S. The molecule has 1 aromatic rings. The third kappa shape index (κ3) is 2.41. The number of rotatable bonds is 2. The van der Waals surface area contributed by atoms with Crippen molar-refractivity contribution in [2.75, 3.05) is 25.0 Å².